The van der Waals surface area contributed by atoms with E-state index in [1.54, 1.807) is 0 Å². The maximum Gasteiger partial charge on any atom is 0.416 e. The molecule has 2 rings (SSSR count). The van der Waals surface area contributed by atoms with Gasteiger partial charge in [0, 0.05) is 11.5 Å². The molecule has 2 aromatic rings. The van der Waals surface area contributed by atoms with Crippen molar-refractivity contribution < 1.29 is 17.9 Å². The highest BCUT2D eigenvalue weighted by atomic mass is 32.1. The number of hydrogen-bond acceptors (Lipinski definition) is 5. The maximum absolute atomic E-state index is 12.3. The molecule has 0 spiro atoms. The molecule has 1 heterocycles. The Hall–Kier alpha value is -1.83. The Morgan fingerprint density at radius 1 is 1.22 bits per heavy atom. The molecule has 0 saturated carbocycles. The highest BCUT2D eigenvalue weighted by molar-refractivity contribution is 7.09. The van der Waals surface area contributed by atoms with E-state index in [0.29, 0.717) is 16.4 Å². The van der Waals surface area contributed by atoms with Crippen LogP contribution in [0.1, 0.15) is 11.3 Å². The van der Waals surface area contributed by atoms with Crippen LogP contribution in [0.15, 0.2) is 24.3 Å². The van der Waals surface area contributed by atoms with Gasteiger partial charge in [-0.3, -0.25) is 0 Å². The Morgan fingerprint density at radius 2 is 1.89 bits per heavy atom. The fraction of sp³-hybridized carbons (Fsp3) is 0.200. The van der Waals surface area contributed by atoms with Crippen LogP contribution in [0.3, 0.4) is 0 Å². The quantitative estimate of drug-likeness (QED) is 0.935. The van der Waals surface area contributed by atoms with Gasteiger partial charge in [-0.2, -0.15) is 13.2 Å². The number of rotatable bonds is 3. The van der Waals surface area contributed by atoms with E-state index >= 15 is 0 Å². The molecule has 18 heavy (non-hydrogen) atoms. The number of halogens is 3. The molecule has 0 aliphatic carbocycles. The van der Waals surface area contributed by atoms with Crippen LogP contribution in [0.5, 0.6) is 5.75 Å². The number of nitrogens with zero attached hydrogens (tertiary/aromatic N) is 2. The lowest BCUT2D eigenvalue weighted by Gasteiger charge is -2.08. The molecule has 0 saturated heterocycles. The number of ether oxygens (including phenoxy) is 1. The molecule has 0 bridgehead atoms. The number of anilines is 1. The average Bonchev–Trinajstić information content (AvgIpc) is 2.72. The van der Waals surface area contributed by atoms with E-state index < -0.39 is 11.7 Å². The summed E-state index contributed by atoms with van der Waals surface area (Å²) in [5.41, 5.74) is 5.30. The molecule has 0 amide bonds. The molecular weight excluding hydrogens is 267 g/mol. The van der Waals surface area contributed by atoms with Gasteiger partial charge >= 0.3 is 6.18 Å². The molecule has 1 aromatic carbocycles. The minimum atomic E-state index is -4.35. The number of nitrogens with two attached hydrogens (primary N) is 1. The Morgan fingerprint density at radius 3 is 2.39 bits per heavy atom. The lowest BCUT2D eigenvalue weighted by atomic mass is 10.2. The van der Waals surface area contributed by atoms with Crippen molar-refractivity contribution in [3.8, 4) is 5.75 Å². The van der Waals surface area contributed by atoms with Gasteiger partial charge in [-0.15, -0.1) is 5.10 Å². The van der Waals surface area contributed by atoms with Crippen LogP contribution in [0.2, 0.25) is 0 Å². The number of nitrogen functional groups attached to an aromatic ring is 1. The smallest absolute Gasteiger partial charge is 0.416 e. The lowest BCUT2D eigenvalue weighted by molar-refractivity contribution is -0.137. The minimum absolute atomic E-state index is 0.0771. The van der Waals surface area contributed by atoms with Gasteiger partial charge in [0.05, 0.1) is 5.56 Å². The van der Waals surface area contributed by atoms with Crippen LogP contribution >= 0.6 is 11.5 Å². The van der Waals surface area contributed by atoms with Gasteiger partial charge in [0.1, 0.15) is 23.1 Å². The van der Waals surface area contributed by atoms with Gasteiger partial charge in [-0.25, -0.2) is 0 Å². The van der Waals surface area contributed by atoms with Crippen molar-refractivity contribution in [2.45, 2.75) is 12.8 Å². The highest BCUT2D eigenvalue weighted by Crippen LogP contribution is 2.30. The topological polar surface area (TPSA) is 61.0 Å². The van der Waals surface area contributed by atoms with Crippen molar-refractivity contribution in [2.75, 3.05) is 5.73 Å². The standard InChI is InChI=1S/C10H8F3N3OS/c11-10(12,13)6-1-3-7(4-2-6)17-5-8-9(14)18-16-15-8/h1-4H,5,14H2. The van der Waals surface area contributed by atoms with Crippen molar-refractivity contribution >= 4 is 16.5 Å². The first-order valence-electron chi connectivity index (χ1n) is 4.83. The van der Waals surface area contributed by atoms with Crippen LogP contribution in [0, 0.1) is 0 Å². The Bertz CT molecular complexity index is 524. The van der Waals surface area contributed by atoms with E-state index in [1.165, 1.54) is 12.1 Å². The summed E-state index contributed by atoms with van der Waals surface area (Å²) < 4.78 is 45.8. The van der Waals surface area contributed by atoms with E-state index in [0.717, 1.165) is 23.7 Å². The minimum Gasteiger partial charge on any atom is -0.487 e. The highest BCUT2D eigenvalue weighted by Gasteiger charge is 2.29. The summed E-state index contributed by atoms with van der Waals surface area (Å²) in [5, 5.41) is 4.16. The summed E-state index contributed by atoms with van der Waals surface area (Å²) in [6.45, 7) is 0.0771. The van der Waals surface area contributed by atoms with Gasteiger partial charge in [0.2, 0.25) is 0 Å². The maximum atomic E-state index is 12.3. The van der Waals surface area contributed by atoms with Crippen LogP contribution in [-0.2, 0) is 12.8 Å². The third kappa shape index (κ3) is 2.89. The summed E-state index contributed by atoms with van der Waals surface area (Å²) in [4.78, 5) is 0. The summed E-state index contributed by atoms with van der Waals surface area (Å²) in [6, 6.07) is 4.41. The molecular formula is C10H8F3N3OS. The monoisotopic (exact) mass is 275 g/mol. The van der Waals surface area contributed by atoms with E-state index in [9.17, 15) is 13.2 Å². The number of hydrogen-bond donors (Lipinski definition) is 1. The number of aromatic nitrogens is 2. The van der Waals surface area contributed by atoms with E-state index in [4.69, 9.17) is 10.5 Å². The lowest BCUT2D eigenvalue weighted by Crippen LogP contribution is -2.04. The summed E-state index contributed by atoms with van der Waals surface area (Å²) >= 11 is 1.03. The summed E-state index contributed by atoms with van der Waals surface area (Å²) in [7, 11) is 0. The molecule has 4 nitrogen and oxygen atoms in total. The molecule has 0 atom stereocenters. The molecule has 96 valence electrons. The van der Waals surface area contributed by atoms with Gasteiger partial charge < -0.3 is 10.5 Å². The molecule has 1 aromatic heterocycles. The molecule has 0 unspecified atom stereocenters. The Labute approximate surface area is 104 Å². The molecule has 0 aliphatic heterocycles. The largest absolute Gasteiger partial charge is 0.487 e. The SMILES string of the molecule is Nc1snnc1COc1ccc(C(F)(F)F)cc1. The zero-order chi connectivity index (χ0) is 13.2. The third-order valence-electron chi connectivity index (χ3n) is 2.14. The fourth-order valence-corrected chi connectivity index (χ4v) is 1.64. The van der Waals surface area contributed by atoms with Crippen molar-refractivity contribution in [3.05, 3.63) is 35.5 Å². The van der Waals surface area contributed by atoms with Gasteiger partial charge in [-0.05, 0) is 24.3 Å². The Balaban J connectivity index is 2.01. The molecule has 2 N–H and O–H groups in total. The van der Waals surface area contributed by atoms with Gasteiger partial charge in [0.15, 0.2) is 0 Å². The first-order valence-corrected chi connectivity index (χ1v) is 5.61. The van der Waals surface area contributed by atoms with E-state index in [-0.39, 0.29) is 6.61 Å². The first-order chi connectivity index (χ1) is 8.47. The molecule has 0 aliphatic rings. The molecule has 0 fully saturated rings. The van der Waals surface area contributed by atoms with Crippen LogP contribution in [0.4, 0.5) is 18.2 Å². The van der Waals surface area contributed by atoms with Crippen LogP contribution in [0.25, 0.3) is 0 Å². The molecule has 0 radical (unpaired) electrons. The first kappa shape index (κ1) is 12.6. The van der Waals surface area contributed by atoms with Crippen molar-refractivity contribution in [2.24, 2.45) is 0 Å². The second-order valence-electron chi connectivity index (χ2n) is 3.39. The second-order valence-corrected chi connectivity index (χ2v) is 4.18. The zero-order valence-corrected chi connectivity index (χ0v) is 9.76. The second kappa shape index (κ2) is 4.81. The predicted molar refractivity (Wildman–Crippen MR) is 60.1 cm³/mol. The van der Waals surface area contributed by atoms with Crippen molar-refractivity contribution in [1.82, 2.24) is 9.59 Å². The van der Waals surface area contributed by atoms with Crippen LogP contribution < -0.4 is 10.5 Å². The fourth-order valence-electron chi connectivity index (χ4n) is 1.21. The average molecular weight is 275 g/mol. The van der Waals surface area contributed by atoms with E-state index in [2.05, 4.69) is 9.59 Å². The summed E-state index contributed by atoms with van der Waals surface area (Å²) in [5.74, 6) is 0.315. The summed E-state index contributed by atoms with van der Waals surface area (Å²) in [6.07, 6.45) is -4.35. The Kier molecular flexibility index (Phi) is 3.37. The molecule has 8 heteroatoms. The predicted octanol–water partition coefficient (Wildman–Crippen LogP) is 2.72. The number of benzene rings is 1. The van der Waals surface area contributed by atoms with Crippen LogP contribution in [-0.4, -0.2) is 9.59 Å². The normalized spacial score (nSPS) is 11.5. The zero-order valence-electron chi connectivity index (χ0n) is 8.94. The van der Waals surface area contributed by atoms with E-state index in [1.807, 2.05) is 0 Å². The van der Waals surface area contributed by atoms with Gasteiger partial charge in [-0.1, -0.05) is 4.49 Å². The van der Waals surface area contributed by atoms with Crippen molar-refractivity contribution in [1.29, 1.82) is 0 Å². The number of alkyl halides is 3. The third-order valence-corrected chi connectivity index (χ3v) is 2.74. The van der Waals surface area contributed by atoms with Gasteiger partial charge in [0.25, 0.3) is 0 Å². The van der Waals surface area contributed by atoms with Crippen molar-refractivity contribution in [3.63, 3.8) is 0 Å².